The van der Waals surface area contributed by atoms with Crippen molar-refractivity contribution in [2.24, 2.45) is 5.73 Å². The summed E-state index contributed by atoms with van der Waals surface area (Å²) in [5.41, 5.74) is 6.74. The zero-order valence-corrected chi connectivity index (χ0v) is 12.2. The second-order valence-electron chi connectivity index (χ2n) is 5.09. The number of carbonyl (C=O) groups excluding carboxylic acids is 1. The lowest BCUT2D eigenvalue weighted by molar-refractivity contribution is -0.131. The molecular formula is C15H24N2O2. The van der Waals surface area contributed by atoms with Gasteiger partial charge in [0.25, 0.3) is 0 Å². The van der Waals surface area contributed by atoms with E-state index in [0.29, 0.717) is 19.1 Å². The van der Waals surface area contributed by atoms with E-state index in [1.807, 2.05) is 18.2 Å². The zero-order valence-electron chi connectivity index (χ0n) is 12.2. The van der Waals surface area contributed by atoms with Gasteiger partial charge in [0, 0.05) is 7.05 Å². The monoisotopic (exact) mass is 264 g/mol. The molecule has 1 amide bonds. The Hall–Kier alpha value is -1.55. The summed E-state index contributed by atoms with van der Waals surface area (Å²) >= 11 is 0. The Balaban J connectivity index is 2.52. The number of ether oxygens (including phenoxy) is 1. The van der Waals surface area contributed by atoms with E-state index in [1.165, 1.54) is 5.56 Å². The molecular weight excluding hydrogens is 240 g/mol. The van der Waals surface area contributed by atoms with Crippen molar-refractivity contribution in [3.05, 3.63) is 29.8 Å². The third-order valence-corrected chi connectivity index (χ3v) is 2.99. The molecule has 0 aromatic heterocycles. The fraction of sp³-hybridized carbons (Fsp3) is 0.533. The molecule has 2 N–H and O–H groups in total. The Kier molecular flexibility index (Phi) is 5.83. The summed E-state index contributed by atoms with van der Waals surface area (Å²) in [5, 5.41) is 0. The molecule has 1 aromatic rings. The van der Waals surface area contributed by atoms with Gasteiger partial charge in [-0.15, -0.1) is 0 Å². The average Bonchev–Trinajstić information content (AvgIpc) is 2.37. The van der Waals surface area contributed by atoms with Crippen LogP contribution in [-0.2, 0) is 4.79 Å². The number of hydrogen-bond donors (Lipinski definition) is 1. The van der Waals surface area contributed by atoms with Gasteiger partial charge in [0.1, 0.15) is 12.4 Å². The van der Waals surface area contributed by atoms with Crippen molar-refractivity contribution in [2.75, 3.05) is 20.2 Å². The summed E-state index contributed by atoms with van der Waals surface area (Å²) in [5.74, 6) is 1.24. The fourth-order valence-electron chi connectivity index (χ4n) is 1.84. The molecule has 0 radical (unpaired) electrons. The van der Waals surface area contributed by atoms with Crippen LogP contribution in [-0.4, -0.2) is 37.0 Å². The summed E-state index contributed by atoms with van der Waals surface area (Å²) in [6.45, 7) is 6.96. The molecule has 0 aliphatic heterocycles. The Morgan fingerprint density at radius 3 is 2.53 bits per heavy atom. The van der Waals surface area contributed by atoms with Gasteiger partial charge >= 0.3 is 0 Å². The molecule has 0 spiro atoms. The minimum atomic E-state index is -0.465. The van der Waals surface area contributed by atoms with E-state index in [1.54, 1.807) is 18.9 Å². The largest absolute Gasteiger partial charge is 0.491 e. The normalized spacial score (nSPS) is 12.3. The number of carbonyl (C=O) groups is 1. The van der Waals surface area contributed by atoms with E-state index < -0.39 is 6.04 Å². The molecule has 1 rings (SSSR count). The smallest absolute Gasteiger partial charge is 0.239 e. The summed E-state index contributed by atoms with van der Waals surface area (Å²) in [7, 11) is 1.74. The van der Waals surface area contributed by atoms with E-state index in [2.05, 4.69) is 19.9 Å². The van der Waals surface area contributed by atoms with Gasteiger partial charge in [0.15, 0.2) is 0 Å². The van der Waals surface area contributed by atoms with Crippen LogP contribution in [0.25, 0.3) is 0 Å². The first kappa shape index (κ1) is 15.5. The van der Waals surface area contributed by atoms with Crippen molar-refractivity contribution in [1.82, 2.24) is 4.90 Å². The lowest BCUT2D eigenvalue weighted by atomic mass is 10.0. The van der Waals surface area contributed by atoms with Gasteiger partial charge in [-0.3, -0.25) is 4.79 Å². The van der Waals surface area contributed by atoms with Crippen LogP contribution in [0, 0.1) is 0 Å². The fourth-order valence-corrected chi connectivity index (χ4v) is 1.84. The quantitative estimate of drug-likeness (QED) is 0.855. The molecule has 0 heterocycles. The summed E-state index contributed by atoms with van der Waals surface area (Å²) in [6, 6.07) is 7.53. The Morgan fingerprint density at radius 1 is 1.32 bits per heavy atom. The van der Waals surface area contributed by atoms with Crippen molar-refractivity contribution in [1.29, 1.82) is 0 Å². The number of nitrogens with zero attached hydrogens (tertiary/aromatic N) is 1. The highest BCUT2D eigenvalue weighted by molar-refractivity contribution is 5.80. The molecule has 0 saturated heterocycles. The van der Waals surface area contributed by atoms with Gasteiger partial charge in [0.2, 0.25) is 5.91 Å². The Morgan fingerprint density at radius 2 is 1.95 bits per heavy atom. The van der Waals surface area contributed by atoms with Gasteiger partial charge in [-0.2, -0.15) is 0 Å². The highest BCUT2D eigenvalue weighted by atomic mass is 16.5. The highest BCUT2D eigenvalue weighted by Crippen LogP contribution is 2.25. The first-order valence-corrected chi connectivity index (χ1v) is 6.65. The molecule has 0 aliphatic rings. The van der Waals surface area contributed by atoms with E-state index >= 15 is 0 Å². The maximum atomic E-state index is 11.6. The number of benzene rings is 1. The first-order chi connectivity index (χ1) is 8.93. The van der Waals surface area contributed by atoms with Crippen LogP contribution in [0.5, 0.6) is 5.75 Å². The van der Waals surface area contributed by atoms with Gasteiger partial charge in [0.05, 0.1) is 12.6 Å². The van der Waals surface area contributed by atoms with Crippen LogP contribution in [0.1, 0.15) is 32.3 Å². The molecule has 0 saturated carbocycles. The van der Waals surface area contributed by atoms with Crippen LogP contribution in [0.4, 0.5) is 0 Å². The van der Waals surface area contributed by atoms with Crippen molar-refractivity contribution in [3.8, 4) is 5.75 Å². The second-order valence-corrected chi connectivity index (χ2v) is 5.09. The van der Waals surface area contributed by atoms with Crippen molar-refractivity contribution < 1.29 is 9.53 Å². The number of rotatable bonds is 6. The number of para-hydroxylation sites is 1. The third-order valence-electron chi connectivity index (χ3n) is 2.99. The predicted octanol–water partition coefficient (Wildman–Crippen LogP) is 1.99. The van der Waals surface area contributed by atoms with E-state index in [0.717, 1.165) is 5.75 Å². The van der Waals surface area contributed by atoms with E-state index in [-0.39, 0.29) is 5.91 Å². The van der Waals surface area contributed by atoms with Gasteiger partial charge in [-0.05, 0) is 24.5 Å². The minimum absolute atomic E-state index is 0.0688. The molecule has 1 unspecified atom stereocenters. The van der Waals surface area contributed by atoms with Crippen LogP contribution in [0.3, 0.4) is 0 Å². The molecule has 0 bridgehead atoms. The molecule has 4 heteroatoms. The highest BCUT2D eigenvalue weighted by Gasteiger charge is 2.13. The lowest BCUT2D eigenvalue weighted by Crippen LogP contribution is -2.41. The molecule has 0 fully saturated rings. The number of hydrogen-bond acceptors (Lipinski definition) is 3. The van der Waals surface area contributed by atoms with E-state index in [9.17, 15) is 4.79 Å². The Labute approximate surface area is 115 Å². The van der Waals surface area contributed by atoms with Crippen LogP contribution in [0.2, 0.25) is 0 Å². The molecule has 1 atom stereocenters. The number of nitrogens with two attached hydrogens (primary N) is 1. The lowest BCUT2D eigenvalue weighted by Gasteiger charge is -2.20. The van der Waals surface area contributed by atoms with Crippen molar-refractivity contribution in [3.63, 3.8) is 0 Å². The average molecular weight is 264 g/mol. The molecule has 4 nitrogen and oxygen atoms in total. The van der Waals surface area contributed by atoms with Gasteiger partial charge in [-0.25, -0.2) is 0 Å². The predicted molar refractivity (Wildman–Crippen MR) is 77.3 cm³/mol. The maximum Gasteiger partial charge on any atom is 0.239 e. The summed E-state index contributed by atoms with van der Waals surface area (Å²) in [6.07, 6.45) is 0. The summed E-state index contributed by atoms with van der Waals surface area (Å²) < 4.78 is 5.76. The van der Waals surface area contributed by atoms with Crippen molar-refractivity contribution in [2.45, 2.75) is 32.7 Å². The Bertz CT molecular complexity index is 416. The van der Waals surface area contributed by atoms with Gasteiger partial charge < -0.3 is 15.4 Å². The van der Waals surface area contributed by atoms with Crippen LogP contribution >= 0.6 is 0 Å². The van der Waals surface area contributed by atoms with Crippen molar-refractivity contribution >= 4 is 5.91 Å². The number of amides is 1. The third kappa shape index (κ3) is 4.56. The number of likely N-dealkylation sites (N-methyl/N-ethyl adjacent to an activating group) is 1. The molecule has 19 heavy (non-hydrogen) atoms. The second kappa shape index (κ2) is 7.14. The first-order valence-electron chi connectivity index (χ1n) is 6.65. The SMILES string of the molecule is CC(N)C(=O)N(C)CCOc1ccccc1C(C)C. The van der Waals surface area contributed by atoms with Crippen LogP contribution in [0.15, 0.2) is 24.3 Å². The maximum absolute atomic E-state index is 11.6. The van der Waals surface area contributed by atoms with E-state index in [4.69, 9.17) is 10.5 Å². The topological polar surface area (TPSA) is 55.6 Å². The summed E-state index contributed by atoms with van der Waals surface area (Å²) in [4.78, 5) is 13.2. The van der Waals surface area contributed by atoms with Crippen LogP contribution < -0.4 is 10.5 Å². The van der Waals surface area contributed by atoms with Gasteiger partial charge in [-0.1, -0.05) is 32.0 Å². The standard InChI is InChI=1S/C15H24N2O2/c1-11(2)13-7-5-6-8-14(13)19-10-9-17(4)15(18)12(3)16/h5-8,11-12H,9-10,16H2,1-4H3. The molecule has 106 valence electrons. The molecule has 1 aromatic carbocycles. The zero-order chi connectivity index (χ0) is 14.4. The minimum Gasteiger partial charge on any atom is -0.491 e. The molecule has 0 aliphatic carbocycles.